The summed E-state index contributed by atoms with van der Waals surface area (Å²) in [5.74, 6) is -0.988. The van der Waals surface area contributed by atoms with Crippen LogP contribution in [0.4, 0.5) is 5.69 Å². The van der Waals surface area contributed by atoms with E-state index in [-0.39, 0.29) is 5.75 Å². The number of aromatic hydroxyl groups is 1. The van der Waals surface area contributed by atoms with Gasteiger partial charge in [0.05, 0.1) is 19.9 Å². The molecule has 0 radical (unpaired) electrons. The molecule has 2 aromatic carbocycles. The first-order valence-electron chi connectivity index (χ1n) is 7.78. The number of carbonyl (C=O) groups is 2. The lowest BCUT2D eigenvalue weighted by atomic mass is 10.2. The highest BCUT2D eigenvalue weighted by atomic mass is 16.5. The van der Waals surface area contributed by atoms with Crippen molar-refractivity contribution in [3.8, 4) is 17.2 Å². The van der Waals surface area contributed by atoms with Crippen LogP contribution in [0.1, 0.15) is 12.5 Å². The smallest absolute Gasteiger partial charge is 0.329 e. The second-order valence-electron chi connectivity index (χ2n) is 5.01. The zero-order valence-corrected chi connectivity index (χ0v) is 14.4. The maximum atomic E-state index is 11.8. The number of anilines is 1. The zero-order valence-electron chi connectivity index (χ0n) is 14.4. The van der Waals surface area contributed by atoms with E-state index in [1.807, 2.05) is 0 Å². The first kappa shape index (κ1) is 18.8. The number of para-hydroxylation sites is 1. The van der Waals surface area contributed by atoms with Gasteiger partial charge in [-0.15, -0.1) is 0 Å². The Kier molecular flexibility index (Phi) is 6.55. The molecule has 2 aromatic rings. The fourth-order valence-corrected chi connectivity index (χ4v) is 1.99. The van der Waals surface area contributed by atoms with Gasteiger partial charge in [0.2, 0.25) is 0 Å². The Bertz CT molecular complexity index is 803. The van der Waals surface area contributed by atoms with E-state index < -0.39 is 11.8 Å². The quantitative estimate of drug-likeness (QED) is 0.415. The van der Waals surface area contributed by atoms with Crippen LogP contribution >= 0.6 is 0 Å². The predicted octanol–water partition coefficient (Wildman–Crippen LogP) is 1.89. The number of ether oxygens (including phenoxy) is 2. The van der Waals surface area contributed by atoms with Gasteiger partial charge in [0.1, 0.15) is 5.75 Å². The van der Waals surface area contributed by atoms with Crippen LogP contribution in [0.25, 0.3) is 0 Å². The molecule has 0 aromatic heterocycles. The van der Waals surface area contributed by atoms with Gasteiger partial charge in [-0.05, 0) is 43.3 Å². The molecule has 3 N–H and O–H groups in total. The van der Waals surface area contributed by atoms with Crippen LogP contribution in [0.15, 0.2) is 47.6 Å². The van der Waals surface area contributed by atoms with E-state index in [0.29, 0.717) is 29.4 Å². The van der Waals surface area contributed by atoms with Crippen LogP contribution in [0, 0.1) is 0 Å². The molecule has 0 saturated heterocycles. The number of hydrazone groups is 1. The number of benzene rings is 2. The van der Waals surface area contributed by atoms with E-state index >= 15 is 0 Å². The van der Waals surface area contributed by atoms with Gasteiger partial charge in [0.15, 0.2) is 11.5 Å². The molecule has 0 fully saturated rings. The van der Waals surface area contributed by atoms with Crippen molar-refractivity contribution in [3.63, 3.8) is 0 Å². The van der Waals surface area contributed by atoms with Gasteiger partial charge in [-0.3, -0.25) is 9.59 Å². The standard InChI is InChI=1S/C18H19N3O5/c1-3-26-15-6-4-5-12(16(15)22)11-19-21-18(24)17(23)20-13-7-9-14(25-2)10-8-13/h4-11,22H,3H2,1-2H3,(H,20,23)(H,21,24)/b19-11-. The second-order valence-corrected chi connectivity index (χ2v) is 5.01. The Labute approximate surface area is 150 Å². The number of amides is 2. The maximum absolute atomic E-state index is 11.8. The van der Waals surface area contributed by atoms with Gasteiger partial charge in [-0.2, -0.15) is 5.10 Å². The van der Waals surface area contributed by atoms with Crippen LogP contribution in [0.2, 0.25) is 0 Å². The Balaban J connectivity index is 1.93. The third kappa shape index (κ3) is 4.97. The van der Waals surface area contributed by atoms with Crippen molar-refractivity contribution < 1.29 is 24.2 Å². The van der Waals surface area contributed by atoms with Gasteiger partial charge in [-0.1, -0.05) is 6.07 Å². The minimum absolute atomic E-state index is 0.102. The molecule has 0 heterocycles. The van der Waals surface area contributed by atoms with Gasteiger partial charge in [0, 0.05) is 11.3 Å². The number of phenols is 1. The molecule has 8 nitrogen and oxygen atoms in total. The van der Waals surface area contributed by atoms with Crippen LogP contribution in [0.3, 0.4) is 0 Å². The van der Waals surface area contributed by atoms with E-state index in [9.17, 15) is 14.7 Å². The van der Waals surface area contributed by atoms with Crippen molar-refractivity contribution in [1.29, 1.82) is 0 Å². The van der Waals surface area contributed by atoms with Crippen LogP contribution in [-0.2, 0) is 9.59 Å². The molecule has 0 aliphatic rings. The Morgan fingerprint density at radius 1 is 1.15 bits per heavy atom. The molecule has 0 atom stereocenters. The lowest BCUT2D eigenvalue weighted by Crippen LogP contribution is -2.32. The highest BCUT2D eigenvalue weighted by Crippen LogP contribution is 2.28. The molecule has 136 valence electrons. The molecule has 8 heteroatoms. The summed E-state index contributed by atoms with van der Waals surface area (Å²) in [5.41, 5.74) is 2.88. The molecule has 0 bridgehead atoms. The van der Waals surface area contributed by atoms with E-state index in [0.717, 1.165) is 0 Å². The maximum Gasteiger partial charge on any atom is 0.329 e. The first-order chi connectivity index (χ1) is 12.5. The van der Waals surface area contributed by atoms with E-state index in [1.165, 1.54) is 13.3 Å². The summed E-state index contributed by atoms with van der Waals surface area (Å²) in [6.45, 7) is 2.19. The molecule has 0 aliphatic heterocycles. The van der Waals surface area contributed by atoms with Crippen molar-refractivity contribution in [2.45, 2.75) is 6.92 Å². The fraction of sp³-hybridized carbons (Fsp3) is 0.167. The SMILES string of the molecule is CCOc1cccc(/C=N\NC(=O)C(=O)Nc2ccc(OC)cc2)c1O. The molecular formula is C18H19N3O5. The summed E-state index contributed by atoms with van der Waals surface area (Å²) in [6.07, 6.45) is 1.22. The topological polar surface area (TPSA) is 109 Å². The van der Waals surface area contributed by atoms with Crippen molar-refractivity contribution in [1.82, 2.24) is 5.43 Å². The Morgan fingerprint density at radius 2 is 1.88 bits per heavy atom. The zero-order chi connectivity index (χ0) is 18.9. The predicted molar refractivity (Wildman–Crippen MR) is 96.6 cm³/mol. The molecule has 0 unspecified atom stereocenters. The summed E-state index contributed by atoms with van der Waals surface area (Å²) in [6, 6.07) is 11.4. The Hall–Kier alpha value is -3.55. The number of hydrogen-bond acceptors (Lipinski definition) is 6. The second kappa shape index (κ2) is 9.07. The molecule has 26 heavy (non-hydrogen) atoms. The number of methoxy groups -OCH3 is 1. The molecule has 0 spiro atoms. The van der Waals surface area contributed by atoms with Crippen LogP contribution in [0.5, 0.6) is 17.2 Å². The number of nitrogens with zero attached hydrogens (tertiary/aromatic N) is 1. The van der Waals surface area contributed by atoms with Crippen molar-refractivity contribution >= 4 is 23.7 Å². The van der Waals surface area contributed by atoms with Crippen LogP contribution < -0.4 is 20.2 Å². The summed E-state index contributed by atoms with van der Waals surface area (Å²) < 4.78 is 10.3. The summed E-state index contributed by atoms with van der Waals surface area (Å²) in [7, 11) is 1.53. The molecule has 2 amide bonds. The molecular weight excluding hydrogens is 338 g/mol. The first-order valence-corrected chi connectivity index (χ1v) is 7.78. The van der Waals surface area contributed by atoms with E-state index in [2.05, 4.69) is 15.8 Å². The van der Waals surface area contributed by atoms with Gasteiger partial charge in [-0.25, -0.2) is 5.43 Å². The van der Waals surface area contributed by atoms with Crippen molar-refractivity contribution in [3.05, 3.63) is 48.0 Å². The largest absolute Gasteiger partial charge is 0.504 e. The minimum Gasteiger partial charge on any atom is -0.504 e. The number of hydrogen-bond donors (Lipinski definition) is 3. The van der Waals surface area contributed by atoms with E-state index in [4.69, 9.17) is 9.47 Å². The summed E-state index contributed by atoms with van der Waals surface area (Å²) in [5, 5.41) is 16.1. The van der Waals surface area contributed by atoms with Crippen LogP contribution in [-0.4, -0.2) is 36.9 Å². The number of phenolic OH excluding ortho intramolecular Hbond substituents is 1. The fourth-order valence-electron chi connectivity index (χ4n) is 1.99. The van der Waals surface area contributed by atoms with Gasteiger partial charge >= 0.3 is 11.8 Å². The average Bonchev–Trinajstić information content (AvgIpc) is 2.65. The normalized spacial score (nSPS) is 10.4. The minimum atomic E-state index is -0.947. The summed E-state index contributed by atoms with van der Waals surface area (Å²) in [4.78, 5) is 23.6. The van der Waals surface area contributed by atoms with Gasteiger partial charge in [0.25, 0.3) is 0 Å². The Morgan fingerprint density at radius 3 is 2.54 bits per heavy atom. The molecule has 0 aliphatic carbocycles. The number of carbonyl (C=O) groups excluding carboxylic acids is 2. The monoisotopic (exact) mass is 357 g/mol. The molecule has 0 saturated carbocycles. The van der Waals surface area contributed by atoms with E-state index in [1.54, 1.807) is 49.4 Å². The highest BCUT2D eigenvalue weighted by Gasteiger charge is 2.13. The lowest BCUT2D eigenvalue weighted by Gasteiger charge is -2.07. The summed E-state index contributed by atoms with van der Waals surface area (Å²) >= 11 is 0. The third-order valence-corrected chi connectivity index (χ3v) is 3.25. The van der Waals surface area contributed by atoms with Gasteiger partial charge < -0.3 is 19.9 Å². The van der Waals surface area contributed by atoms with Crippen molar-refractivity contribution in [2.75, 3.05) is 19.0 Å². The number of nitrogens with one attached hydrogen (secondary N) is 2. The average molecular weight is 357 g/mol. The number of rotatable bonds is 6. The highest BCUT2D eigenvalue weighted by molar-refractivity contribution is 6.39. The lowest BCUT2D eigenvalue weighted by molar-refractivity contribution is -0.136. The third-order valence-electron chi connectivity index (χ3n) is 3.25. The van der Waals surface area contributed by atoms with Crippen molar-refractivity contribution in [2.24, 2.45) is 5.10 Å². The molecule has 2 rings (SSSR count).